The largest absolute Gasteiger partial charge is 0.466 e. The molecule has 0 spiro atoms. The van der Waals surface area contributed by atoms with Gasteiger partial charge in [-0.05, 0) is 38.0 Å². The van der Waals surface area contributed by atoms with Crippen molar-refractivity contribution in [1.29, 1.82) is 0 Å². The molecule has 2 aromatic heterocycles. The molecule has 3 N–H and O–H groups in total. The van der Waals surface area contributed by atoms with Gasteiger partial charge in [-0.2, -0.15) is 5.10 Å². The molecular formula is C17H24N4O3. The fourth-order valence-electron chi connectivity index (χ4n) is 3.22. The van der Waals surface area contributed by atoms with E-state index in [0.717, 1.165) is 25.7 Å². The minimum atomic E-state index is -1.24. The predicted octanol–water partition coefficient (Wildman–Crippen LogP) is 2.17. The number of urea groups is 1. The predicted molar refractivity (Wildman–Crippen MR) is 88.3 cm³/mol. The van der Waals surface area contributed by atoms with Crippen molar-refractivity contribution in [2.24, 2.45) is 0 Å². The van der Waals surface area contributed by atoms with Crippen LogP contribution in [0.15, 0.2) is 41.3 Å². The third-order valence-corrected chi connectivity index (χ3v) is 4.56. The maximum Gasteiger partial charge on any atom is 0.315 e. The number of carbonyl (C=O) groups excluding carboxylic acids is 1. The van der Waals surface area contributed by atoms with Crippen molar-refractivity contribution in [1.82, 2.24) is 20.4 Å². The second-order valence-electron chi connectivity index (χ2n) is 6.52. The summed E-state index contributed by atoms with van der Waals surface area (Å²) >= 11 is 0. The lowest BCUT2D eigenvalue weighted by molar-refractivity contribution is 0.0365. The lowest BCUT2D eigenvalue weighted by Crippen LogP contribution is -2.50. The molecule has 3 rings (SSSR count). The van der Waals surface area contributed by atoms with Crippen molar-refractivity contribution >= 4 is 6.03 Å². The molecule has 1 aliphatic carbocycles. The summed E-state index contributed by atoms with van der Waals surface area (Å²) < 4.78 is 7.13. The zero-order chi connectivity index (χ0) is 17.0. The standard InChI is InChI=1S/C17H24N4O3/c1-17(23,15-8-4-11-24-15)12-18-16(22)20-13-6-2-3-7-14(13)21-10-5-9-19-21/h4-5,8-11,13-14,23H,2-3,6-7,12H2,1H3,(H2,18,20,22)/t13-,14+,17-/m0/s1. The molecule has 0 radical (unpaired) electrons. The van der Waals surface area contributed by atoms with E-state index in [-0.39, 0.29) is 24.7 Å². The van der Waals surface area contributed by atoms with Crippen LogP contribution in [0, 0.1) is 0 Å². The van der Waals surface area contributed by atoms with E-state index in [1.807, 2.05) is 16.9 Å². The fraction of sp³-hybridized carbons (Fsp3) is 0.529. The van der Waals surface area contributed by atoms with Crippen LogP contribution in [0.5, 0.6) is 0 Å². The minimum Gasteiger partial charge on any atom is -0.466 e. The Morgan fingerprint density at radius 3 is 3.00 bits per heavy atom. The van der Waals surface area contributed by atoms with Gasteiger partial charge < -0.3 is 20.2 Å². The Kier molecular flexibility index (Phi) is 4.89. The van der Waals surface area contributed by atoms with Crippen molar-refractivity contribution in [2.45, 2.75) is 50.3 Å². The molecule has 2 heterocycles. The van der Waals surface area contributed by atoms with Gasteiger partial charge in [-0.25, -0.2) is 4.79 Å². The number of hydrogen-bond donors (Lipinski definition) is 3. The topological polar surface area (TPSA) is 92.3 Å². The van der Waals surface area contributed by atoms with Gasteiger partial charge in [0.2, 0.25) is 0 Å². The number of amides is 2. The molecule has 130 valence electrons. The van der Waals surface area contributed by atoms with Gasteiger partial charge >= 0.3 is 6.03 Å². The fourth-order valence-corrected chi connectivity index (χ4v) is 3.22. The highest BCUT2D eigenvalue weighted by Gasteiger charge is 2.30. The van der Waals surface area contributed by atoms with Gasteiger partial charge in [-0.15, -0.1) is 0 Å². The first-order valence-corrected chi connectivity index (χ1v) is 8.36. The van der Waals surface area contributed by atoms with Crippen LogP contribution in [0.4, 0.5) is 4.79 Å². The summed E-state index contributed by atoms with van der Waals surface area (Å²) in [7, 11) is 0. The molecule has 24 heavy (non-hydrogen) atoms. The number of nitrogens with one attached hydrogen (secondary N) is 2. The van der Waals surface area contributed by atoms with Crippen molar-refractivity contribution in [3.63, 3.8) is 0 Å². The Morgan fingerprint density at radius 2 is 2.29 bits per heavy atom. The first-order valence-electron chi connectivity index (χ1n) is 8.36. The van der Waals surface area contributed by atoms with Gasteiger partial charge in [0.15, 0.2) is 0 Å². The van der Waals surface area contributed by atoms with E-state index in [4.69, 9.17) is 4.42 Å². The first kappa shape index (κ1) is 16.6. The molecule has 7 heteroatoms. The number of carbonyl (C=O) groups is 1. The monoisotopic (exact) mass is 332 g/mol. The lowest BCUT2D eigenvalue weighted by Gasteiger charge is -2.32. The van der Waals surface area contributed by atoms with Crippen molar-refractivity contribution in [3.05, 3.63) is 42.6 Å². The maximum atomic E-state index is 12.2. The van der Waals surface area contributed by atoms with Gasteiger partial charge in [0.25, 0.3) is 0 Å². The summed E-state index contributed by atoms with van der Waals surface area (Å²) in [5.41, 5.74) is -1.24. The van der Waals surface area contributed by atoms with E-state index in [0.29, 0.717) is 5.76 Å². The van der Waals surface area contributed by atoms with Crippen LogP contribution in [0.3, 0.4) is 0 Å². The van der Waals surface area contributed by atoms with Gasteiger partial charge in [-0.3, -0.25) is 4.68 Å². The number of nitrogens with zero attached hydrogens (tertiary/aromatic N) is 2. The summed E-state index contributed by atoms with van der Waals surface area (Å²) in [6, 6.07) is 5.21. The van der Waals surface area contributed by atoms with E-state index < -0.39 is 5.60 Å². The van der Waals surface area contributed by atoms with Gasteiger partial charge in [0, 0.05) is 12.4 Å². The quantitative estimate of drug-likeness (QED) is 0.782. The molecule has 0 unspecified atom stereocenters. The molecule has 0 aromatic carbocycles. The number of aliphatic hydroxyl groups is 1. The van der Waals surface area contributed by atoms with Crippen LogP contribution >= 0.6 is 0 Å². The molecule has 0 aliphatic heterocycles. The molecule has 2 amide bonds. The summed E-state index contributed by atoms with van der Waals surface area (Å²) in [5, 5.41) is 20.4. The molecule has 7 nitrogen and oxygen atoms in total. The van der Waals surface area contributed by atoms with Gasteiger partial charge in [0.05, 0.1) is 24.9 Å². The van der Waals surface area contributed by atoms with Crippen LogP contribution in [0.25, 0.3) is 0 Å². The van der Waals surface area contributed by atoms with Crippen molar-refractivity contribution in [2.75, 3.05) is 6.54 Å². The normalized spacial score (nSPS) is 23.4. The highest BCUT2D eigenvalue weighted by atomic mass is 16.4. The molecule has 2 aromatic rings. The van der Waals surface area contributed by atoms with Crippen LogP contribution in [-0.2, 0) is 5.60 Å². The first-order chi connectivity index (χ1) is 11.6. The smallest absolute Gasteiger partial charge is 0.315 e. The van der Waals surface area contributed by atoms with E-state index in [1.165, 1.54) is 6.26 Å². The molecule has 1 fully saturated rings. The number of rotatable bonds is 5. The number of hydrogen-bond acceptors (Lipinski definition) is 4. The lowest BCUT2D eigenvalue weighted by atomic mass is 9.90. The van der Waals surface area contributed by atoms with E-state index in [1.54, 1.807) is 25.3 Å². The number of aromatic nitrogens is 2. The summed E-state index contributed by atoms with van der Waals surface area (Å²) in [5.74, 6) is 0.426. The summed E-state index contributed by atoms with van der Waals surface area (Å²) in [6.45, 7) is 1.69. The van der Waals surface area contributed by atoms with E-state index in [2.05, 4.69) is 15.7 Å². The zero-order valence-corrected chi connectivity index (χ0v) is 13.8. The second kappa shape index (κ2) is 7.09. The Bertz CT molecular complexity index is 637. The minimum absolute atomic E-state index is 0.0345. The van der Waals surface area contributed by atoms with Gasteiger partial charge in [0.1, 0.15) is 11.4 Å². The van der Waals surface area contributed by atoms with Crippen LogP contribution in [0.1, 0.15) is 44.4 Å². The van der Waals surface area contributed by atoms with Gasteiger partial charge in [-0.1, -0.05) is 12.8 Å². The average molecular weight is 332 g/mol. The summed E-state index contributed by atoms with van der Waals surface area (Å²) in [6.07, 6.45) is 9.34. The molecule has 0 bridgehead atoms. The molecule has 1 aliphatic rings. The highest BCUT2D eigenvalue weighted by molar-refractivity contribution is 5.74. The molecule has 0 saturated heterocycles. The molecule has 3 atom stereocenters. The van der Waals surface area contributed by atoms with Crippen molar-refractivity contribution < 1.29 is 14.3 Å². The highest BCUT2D eigenvalue weighted by Crippen LogP contribution is 2.28. The second-order valence-corrected chi connectivity index (χ2v) is 6.52. The number of furan rings is 1. The summed E-state index contributed by atoms with van der Waals surface area (Å²) in [4.78, 5) is 12.2. The van der Waals surface area contributed by atoms with Crippen LogP contribution in [0.2, 0.25) is 0 Å². The zero-order valence-electron chi connectivity index (χ0n) is 13.8. The Morgan fingerprint density at radius 1 is 1.46 bits per heavy atom. The molecular weight excluding hydrogens is 308 g/mol. The average Bonchev–Trinajstić information content (AvgIpc) is 3.27. The third kappa shape index (κ3) is 3.79. The van der Waals surface area contributed by atoms with Crippen LogP contribution < -0.4 is 10.6 Å². The Balaban J connectivity index is 1.55. The molecule has 1 saturated carbocycles. The third-order valence-electron chi connectivity index (χ3n) is 4.56. The van der Waals surface area contributed by atoms with E-state index >= 15 is 0 Å². The van der Waals surface area contributed by atoms with Crippen molar-refractivity contribution in [3.8, 4) is 0 Å². The van der Waals surface area contributed by atoms with E-state index in [9.17, 15) is 9.90 Å². The SMILES string of the molecule is C[C@](O)(CNC(=O)N[C@H]1CCCC[C@H]1n1cccn1)c1ccco1. The Labute approximate surface area is 141 Å². The Hall–Kier alpha value is -2.28. The maximum absolute atomic E-state index is 12.2. The van der Waals surface area contributed by atoms with Crippen LogP contribution in [-0.4, -0.2) is 33.5 Å².